The summed E-state index contributed by atoms with van der Waals surface area (Å²) >= 11 is 1.36. The van der Waals surface area contributed by atoms with Gasteiger partial charge in [-0.1, -0.05) is 0 Å². The Balaban J connectivity index is 1.10. The number of carbonyl (C=O) groups excluding carboxylic acids is 4. The van der Waals surface area contributed by atoms with Crippen LogP contribution in [-0.4, -0.2) is 69.6 Å². The number of amides is 2. The highest BCUT2D eigenvalue weighted by Gasteiger charge is 2.54. The molecule has 2 unspecified atom stereocenters. The van der Waals surface area contributed by atoms with Crippen molar-refractivity contribution in [1.82, 2.24) is 15.2 Å². The maximum absolute atomic E-state index is 13.8. The number of aromatic nitrogens is 1. The molecule has 12 heteroatoms. The van der Waals surface area contributed by atoms with Crippen LogP contribution in [0.1, 0.15) is 38.8 Å². The molecule has 6 rings (SSSR count). The molecule has 44 heavy (non-hydrogen) atoms. The first kappa shape index (κ1) is 29.7. The van der Waals surface area contributed by atoms with Crippen LogP contribution < -0.4 is 10.1 Å². The average molecular weight is 622 g/mol. The monoisotopic (exact) mass is 621 g/mol. The second kappa shape index (κ2) is 11.3. The topological polar surface area (TPSA) is 127 Å². The van der Waals surface area contributed by atoms with E-state index in [0.717, 1.165) is 46.1 Å². The molecule has 1 saturated heterocycles. The zero-order valence-corrected chi connectivity index (χ0v) is 25.6. The largest absolute Gasteiger partial charge is 0.484 e. The minimum Gasteiger partial charge on any atom is -0.484 e. The smallest absolute Gasteiger partial charge is 0.355 e. The van der Waals surface area contributed by atoms with Crippen LogP contribution in [-0.2, 0) is 41.5 Å². The summed E-state index contributed by atoms with van der Waals surface area (Å²) in [6, 6.07) is 9.49. The Bertz CT molecular complexity index is 1740. The summed E-state index contributed by atoms with van der Waals surface area (Å²) in [7, 11) is 0. The minimum absolute atomic E-state index is 0.0500. The Hall–Kier alpha value is -4.32. The average Bonchev–Trinajstić information content (AvgIpc) is 3.34. The number of hydrogen-bond donors (Lipinski definition) is 2. The number of ether oxygens (including phenoxy) is 3. The molecule has 2 N–H and O–H groups in total. The number of benzene rings is 2. The molecule has 3 aromatic rings. The van der Waals surface area contributed by atoms with Crippen LogP contribution in [0.4, 0.5) is 4.39 Å². The SMILES string of the molecule is CC(=O)OCC1=C(C(=O)OC(C)(C)C)N2C(=O)C(NC(=O)COc3ccc4c(c3)CCc3c-4[nH]c4ccc(F)cc34)C2SC1. The second-order valence-electron chi connectivity index (χ2n) is 12.0. The quantitative estimate of drug-likeness (QED) is 0.300. The van der Waals surface area contributed by atoms with E-state index in [-0.39, 0.29) is 24.7 Å². The number of nitrogens with zero attached hydrogens (tertiary/aromatic N) is 1. The van der Waals surface area contributed by atoms with E-state index in [1.165, 1.54) is 29.7 Å². The molecule has 230 valence electrons. The van der Waals surface area contributed by atoms with Gasteiger partial charge in [0.25, 0.3) is 11.8 Å². The Labute approximate surface area is 257 Å². The van der Waals surface area contributed by atoms with E-state index >= 15 is 0 Å². The second-order valence-corrected chi connectivity index (χ2v) is 13.1. The van der Waals surface area contributed by atoms with Crippen LogP contribution in [0.2, 0.25) is 0 Å². The summed E-state index contributed by atoms with van der Waals surface area (Å²) in [5, 5.41) is 3.10. The summed E-state index contributed by atoms with van der Waals surface area (Å²) in [4.78, 5) is 55.2. The van der Waals surface area contributed by atoms with Crippen molar-refractivity contribution in [3.8, 4) is 17.0 Å². The van der Waals surface area contributed by atoms with E-state index in [1.807, 2.05) is 12.1 Å². The van der Waals surface area contributed by atoms with Crippen LogP contribution in [0, 0.1) is 5.82 Å². The number of esters is 2. The number of rotatable bonds is 7. The van der Waals surface area contributed by atoms with Crippen molar-refractivity contribution >= 4 is 46.4 Å². The summed E-state index contributed by atoms with van der Waals surface area (Å²) in [5.74, 6) is -1.56. The van der Waals surface area contributed by atoms with Gasteiger partial charge in [-0.2, -0.15) is 0 Å². The minimum atomic E-state index is -0.849. The molecule has 0 saturated carbocycles. The maximum Gasteiger partial charge on any atom is 0.355 e. The number of aryl methyl sites for hydroxylation is 2. The molecule has 3 heterocycles. The van der Waals surface area contributed by atoms with Gasteiger partial charge in [-0.25, -0.2) is 9.18 Å². The lowest BCUT2D eigenvalue weighted by atomic mass is 9.89. The zero-order chi connectivity index (χ0) is 31.3. The maximum atomic E-state index is 13.8. The van der Waals surface area contributed by atoms with Crippen LogP contribution in [0.3, 0.4) is 0 Å². The number of halogens is 1. The third kappa shape index (κ3) is 5.66. The van der Waals surface area contributed by atoms with Gasteiger partial charge < -0.3 is 24.5 Å². The first-order valence-corrected chi connectivity index (χ1v) is 15.3. The van der Waals surface area contributed by atoms with Gasteiger partial charge in [0.2, 0.25) is 0 Å². The Morgan fingerprint density at radius 2 is 1.93 bits per heavy atom. The Morgan fingerprint density at radius 3 is 2.68 bits per heavy atom. The molecule has 2 aromatic carbocycles. The van der Waals surface area contributed by atoms with Crippen molar-refractivity contribution < 1.29 is 37.8 Å². The van der Waals surface area contributed by atoms with Crippen LogP contribution in [0.5, 0.6) is 5.75 Å². The van der Waals surface area contributed by atoms with Crippen molar-refractivity contribution in [2.45, 2.75) is 57.6 Å². The number of H-pyrrole nitrogens is 1. The molecule has 0 radical (unpaired) electrons. The van der Waals surface area contributed by atoms with Crippen molar-refractivity contribution in [3.63, 3.8) is 0 Å². The van der Waals surface area contributed by atoms with Crippen molar-refractivity contribution in [2.75, 3.05) is 19.0 Å². The zero-order valence-electron chi connectivity index (χ0n) is 24.7. The molecule has 1 fully saturated rings. The third-order valence-electron chi connectivity index (χ3n) is 7.63. The van der Waals surface area contributed by atoms with E-state index in [4.69, 9.17) is 14.2 Å². The lowest BCUT2D eigenvalue weighted by Gasteiger charge is -2.49. The summed E-state index contributed by atoms with van der Waals surface area (Å²) in [6.07, 6.45) is 1.49. The van der Waals surface area contributed by atoms with Gasteiger partial charge in [-0.15, -0.1) is 11.8 Å². The first-order chi connectivity index (χ1) is 20.9. The van der Waals surface area contributed by atoms with Crippen LogP contribution in [0.25, 0.3) is 22.2 Å². The highest BCUT2D eigenvalue weighted by molar-refractivity contribution is 8.00. The summed E-state index contributed by atoms with van der Waals surface area (Å²) in [5.41, 5.74) is 4.71. The summed E-state index contributed by atoms with van der Waals surface area (Å²) < 4.78 is 30.3. The molecular formula is C32H32FN3O7S. The number of nitrogens with one attached hydrogen (secondary N) is 2. The number of hydrogen-bond acceptors (Lipinski definition) is 8. The van der Waals surface area contributed by atoms with Gasteiger partial charge in [-0.3, -0.25) is 19.3 Å². The molecule has 2 atom stereocenters. The fourth-order valence-corrected chi connectivity index (χ4v) is 7.07. The molecule has 0 bridgehead atoms. The van der Waals surface area contributed by atoms with Gasteiger partial charge >= 0.3 is 11.9 Å². The lowest BCUT2D eigenvalue weighted by molar-refractivity contribution is -0.159. The van der Waals surface area contributed by atoms with Gasteiger partial charge in [0.1, 0.15) is 40.9 Å². The Kier molecular flexibility index (Phi) is 7.64. The molecule has 1 aliphatic carbocycles. The van der Waals surface area contributed by atoms with Gasteiger partial charge in [0.15, 0.2) is 6.61 Å². The fraction of sp³-hybridized carbons (Fsp3) is 0.375. The van der Waals surface area contributed by atoms with Crippen molar-refractivity contribution in [1.29, 1.82) is 0 Å². The lowest BCUT2D eigenvalue weighted by Crippen LogP contribution is -2.71. The van der Waals surface area contributed by atoms with E-state index in [9.17, 15) is 23.6 Å². The van der Waals surface area contributed by atoms with Crippen molar-refractivity contribution in [2.24, 2.45) is 0 Å². The van der Waals surface area contributed by atoms with Crippen LogP contribution >= 0.6 is 11.8 Å². The molecule has 0 spiro atoms. The molecule has 10 nitrogen and oxygen atoms in total. The standard InChI is InChI=1S/C32H32FN3O7S/c1-16(37)41-13-18-15-44-30-27(29(39)36(30)28(18)31(40)43-32(2,3)4)35-25(38)14-42-20-7-9-21-17(11-20)5-8-22-23-12-19(33)6-10-24(23)34-26(21)22/h6-7,9-12,27,30,34H,5,8,13-15H2,1-4H3,(H,35,38). The number of aromatic amines is 1. The number of β-lactam (4-membered cyclic amide) rings is 1. The molecule has 2 aliphatic heterocycles. The van der Waals surface area contributed by atoms with Gasteiger partial charge in [0.05, 0.1) is 0 Å². The van der Waals surface area contributed by atoms with E-state index in [0.29, 0.717) is 17.1 Å². The van der Waals surface area contributed by atoms with Gasteiger partial charge in [0, 0.05) is 40.4 Å². The number of thioether (sulfide) groups is 1. The number of carbonyl (C=O) groups is 4. The van der Waals surface area contributed by atoms with E-state index in [2.05, 4.69) is 10.3 Å². The van der Waals surface area contributed by atoms with E-state index < -0.39 is 40.8 Å². The van der Waals surface area contributed by atoms with Crippen molar-refractivity contribution in [3.05, 3.63) is 64.6 Å². The fourth-order valence-electron chi connectivity index (χ4n) is 5.74. The Morgan fingerprint density at radius 1 is 1.14 bits per heavy atom. The number of fused-ring (bicyclic) bond motifs is 6. The third-order valence-corrected chi connectivity index (χ3v) is 8.97. The molecular weight excluding hydrogens is 589 g/mol. The molecule has 2 amide bonds. The normalized spacial score (nSPS) is 19.0. The highest BCUT2D eigenvalue weighted by atomic mass is 32.2. The van der Waals surface area contributed by atoms with E-state index in [1.54, 1.807) is 39.0 Å². The predicted octanol–water partition coefficient (Wildman–Crippen LogP) is 4.01. The molecule has 3 aliphatic rings. The van der Waals surface area contributed by atoms with Crippen LogP contribution in [0.15, 0.2) is 47.7 Å². The predicted molar refractivity (Wildman–Crippen MR) is 161 cm³/mol. The summed E-state index contributed by atoms with van der Waals surface area (Å²) in [6.45, 7) is 5.98. The highest BCUT2D eigenvalue weighted by Crippen LogP contribution is 2.42. The molecule has 1 aromatic heterocycles. The first-order valence-electron chi connectivity index (χ1n) is 14.3. The van der Waals surface area contributed by atoms with Gasteiger partial charge in [-0.05, 0) is 81.1 Å².